The first kappa shape index (κ1) is 14.8. The van der Waals surface area contributed by atoms with Crippen LogP contribution in [0.3, 0.4) is 0 Å². The minimum Gasteiger partial charge on any atom is -0.438 e. The number of anilines is 2. The SMILES string of the molecule is CN(C)c1ccc(NC(=O)c2ocnc2-c2ccccc2)cc1. The molecule has 1 heterocycles. The standard InChI is InChI=1S/C18H17N3O2/c1-21(2)15-10-8-14(9-11-15)20-18(22)17-16(19-12-23-17)13-6-4-3-5-7-13/h3-12H,1-2H3,(H,20,22). The molecule has 1 amide bonds. The number of carbonyl (C=O) groups excluding carboxylic acids is 1. The molecule has 1 N–H and O–H groups in total. The van der Waals surface area contributed by atoms with Crippen molar-refractivity contribution >= 4 is 17.3 Å². The average Bonchev–Trinajstić information content (AvgIpc) is 3.06. The highest BCUT2D eigenvalue weighted by atomic mass is 16.3. The molecule has 0 aliphatic carbocycles. The molecule has 0 aliphatic heterocycles. The topological polar surface area (TPSA) is 58.4 Å². The van der Waals surface area contributed by atoms with Gasteiger partial charge in [0, 0.05) is 31.0 Å². The zero-order valence-corrected chi connectivity index (χ0v) is 13.0. The molecule has 0 saturated heterocycles. The van der Waals surface area contributed by atoms with E-state index in [1.165, 1.54) is 6.39 Å². The maximum Gasteiger partial charge on any atom is 0.293 e. The van der Waals surface area contributed by atoms with Gasteiger partial charge in [-0.15, -0.1) is 0 Å². The fourth-order valence-electron chi connectivity index (χ4n) is 2.24. The molecular formula is C18H17N3O2. The van der Waals surface area contributed by atoms with E-state index in [9.17, 15) is 4.79 Å². The van der Waals surface area contributed by atoms with E-state index in [0.717, 1.165) is 11.3 Å². The van der Waals surface area contributed by atoms with E-state index in [-0.39, 0.29) is 11.7 Å². The van der Waals surface area contributed by atoms with E-state index in [1.54, 1.807) is 0 Å². The van der Waals surface area contributed by atoms with E-state index in [2.05, 4.69) is 10.3 Å². The molecule has 0 radical (unpaired) electrons. The average molecular weight is 307 g/mol. The van der Waals surface area contributed by atoms with Gasteiger partial charge in [0.2, 0.25) is 5.76 Å². The minimum absolute atomic E-state index is 0.202. The maximum absolute atomic E-state index is 12.4. The number of amides is 1. The Bertz CT molecular complexity index is 793. The van der Waals surface area contributed by atoms with Gasteiger partial charge in [-0.2, -0.15) is 0 Å². The Hall–Kier alpha value is -3.08. The summed E-state index contributed by atoms with van der Waals surface area (Å²) in [6.07, 6.45) is 1.28. The predicted octanol–water partition coefficient (Wildman–Crippen LogP) is 3.66. The van der Waals surface area contributed by atoms with Crippen LogP contribution in [0.4, 0.5) is 11.4 Å². The van der Waals surface area contributed by atoms with Gasteiger partial charge in [-0.1, -0.05) is 30.3 Å². The van der Waals surface area contributed by atoms with E-state index in [0.29, 0.717) is 11.4 Å². The zero-order chi connectivity index (χ0) is 16.2. The Balaban J connectivity index is 1.81. The van der Waals surface area contributed by atoms with Gasteiger partial charge in [0.1, 0.15) is 5.69 Å². The van der Waals surface area contributed by atoms with Crippen LogP contribution in [0.2, 0.25) is 0 Å². The molecule has 5 heteroatoms. The molecule has 0 bridgehead atoms. The van der Waals surface area contributed by atoms with Gasteiger partial charge < -0.3 is 14.6 Å². The van der Waals surface area contributed by atoms with Gasteiger partial charge in [0.15, 0.2) is 6.39 Å². The van der Waals surface area contributed by atoms with Crippen molar-refractivity contribution in [1.29, 1.82) is 0 Å². The van der Waals surface area contributed by atoms with Crippen LogP contribution < -0.4 is 10.2 Å². The van der Waals surface area contributed by atoms with Crippen LogP contribution in [-0.4, -0.2) is 25.0 Å². The van der Waals surface area contributed by atoms with E-state index in [4.69, 9.17) is 4.42 Å². The number of nitrogens with zero attached hydrogens (tertiary/aromatic N) is 2. The highest BCUT2D eigenvalue weighted by Gasteiger charge is 2.18. The first-order valence-corrected chi connectivity index (χ1v) is 7.23. The molecule has 0 unspecified atom stereocenters. The van der Waals surface area contributed by atoms with Crippen LogP contribution in [-0.2, 0) is 0 Å². The van der Waals surface area contributed by atoms with Crippen molar-refractivity contribution in [3.8, 4) is 11.3 Å². The summed E-state index contributed by atoms with van der Waals surface area (Å²) >= 11 is 0. The molecule has 0 saturated carbocycles. The smallest absolute Gasteiger partial charge is 0.293 e. The largest absolute Gasteiger partial charge is 0.438 e. The van der Waals surface area contributed by atoms with Gasteiger partial charge in [-0.05, 0) is 24.3 Å². The van der Waals surface area contributed by atoms with Crippen molar-refractivity contribution in [2.75, 3.05) is 24.3 Å². The van der Waals surface area contributed by atoms with Crippen LogP contribution in [0.15, 0.2) is 65.4 Å². The first-order chi connectivity index (χ1) is 11.1. The summed E-state index contributed by atoms with van der Waals surface area (Å²) in [6.45, 7) is 0. The van der Waals surface area contributed by atoms with Crippen molar-refractivity contribution in [3.63, 3.8) is 0 Å². The number of benzene rings is 2. The van der Waals surface area contributed by atoms with E-state index < -0.39 is 0 Å². The second-order valence-electron chi connectivity index (χ2n) is 5.29. The molecular weight excluding hydrogens is 290 g/mol. The third-order valence-electron chi connectivity index (χ3n) is 3.46. The first-order valence-electron chi connectivity index (χ1n) is 7.23. The molecule has 3 rings (SSSR count). The fourth-order valence-corrected chi connectivity index (χ4v) is 2.24. The van der Waals surface area contributed by atoms with Gasteiger partial charge >= 0.3 is 0 Å². The zero-order valence-electron chi connectivity index (χ0n) is 13.0. The molecule has 116 valence electrons. The number of carbonyl (C=O) groups is 1. The minimum atomic E-state index is -0.320. The summed E-state index contributed by atoms with van der Waals surface area (Å²) in [5, 5.41) is 2.83. The number of hydrogen-bond donors (Lipinski definition) is 1. The van der Waals surface area contributed by atoms with Crippen molar-refractivity contribution in [2.45, 2.75) is 0 Å². The Labute approximate surface area is 134 Å². The van der Waals surface area contributed by atoms with Crippen molar-refractivity contribution < 1.29 is 9.21 Å². The van der Waals surface area contributed by atoms with Crippen molar-refractivity contribution in [2.24, 2.45) is 0 Å². The van der Waals surface area contributed by atoms with E-state index >= 15 is 0 Å². The highest BCUT2D eigenvalue weighted by molar-refractivity contribution is 6.05. The van der Waals surface area contributed by atoms with Gasteiger partial charge in [-0.3, -0.25) is 4.79 Å². The molecule has 0 spiro atoms. The number of nitrogens with one attached hydrogen (secondary N) is 1. The maximum atomic E-state index is 12.4. The monoisotopic (exact) mass is 307 g/mol. The van der Waals surface area contributed by atoms with Crippen molar-refractivity contribution in [1.82, 2.24) is 4.98 Å². The normalized spacial score (nSPS) is 10.3. The molecule has 1 aromatic heterocycles. The lowest BCUT2D eigenvalue weighted by Crippen LogP contribution is -2.13. The highest BCUT2D eigenvalue weighted by Crippen LogP contribution is 2.23. The summed E-state index contributed by atoms with van der Waals surface area (Å²) in [4.78, 5) is 18.6. The second-order valence-corrected chi connectivity index (χ2v) is 5.29. The summed E-state index contributed by atoms with van der Waals surface area (Å²) < 4.78 is 5.28. The Morgan fingerprint density at radius 2 is 1.74 bits per heavy atom. The Morgan fingerprint density at radius 3 is 2.39 bits per heavy atom. The van der Waals surface area contributed by atoms with Gasteiger partial charge in [-0.25, -0.2) is 4.98 Å². The summed E-state index contributed by atoms with van der Waals surface area (Å²) in [7, 11) is 3.93. The third-order valence-corrected chi connectivity index (χ3v) is 3.46. The van der Waals surface area contributed by atoms with Crippen LogP contribution in [0.1, 0.15) is 10.6 Å². The predicted molar refractivity (Wildman–Crippen MR) is 90.7 cm³/mol. The lowest BCUT2D eigenvalue weighted by Gasteiger charge is -2.12. The summed E-state index contributed by atoms with van der Waals surface area (Å²) in [5.74, 6) is -0.119. The molecule has 0 fully saturated rings. The van der Waals surface area contributed by atoms with Gasteiger partial charge in [0.25, 0.3) is 5.91 Å². The molecule has 5 nitrogen and oxygen atoms in total. The molecule has 3 aromatic rings. The summed E-state index contributed by atoms with van der Waals surface area (Å²) in [5.41, 5.74) is 3.14. The van der Waals surface area contributed by atoms with Gasteiger partial charge in [0.05, 0.1) is 0 Å². The number of rotatable bonds is 4. The lowest BCUT2D eigenvalue weighted by molar-refractivity contribution is 0.0997. The Kier molecular flexibility index (Phi) is 4.10. The fraction of sp³-hybridized carbons (Fsp3) is 0.111. The molecule has 0 atom stereocenters. The van der Waals surface area contributed by atoms with Crippen molar-refractivity contribution in [3.05, 3.63) is 66.8 Å². The van der Waals surface area contributed by atoms with Crippen LogP contribution in [0.25, 0.3) is 11.3 Å². The summed E-state index contributed by atoms with van der Waals surface area (Å²) in [6, 6.07) is 17.1. The van der Waals surface area contributed by atoms with Crippen LogP contribution in [0.5, 0.6) is 0 Å². The van der Waals surface area contributed by atoms with Crippen LogP contribution in [0, 0.1) is 0 Å². The number of oxazole rings is 1. The number of hydrogen-bond acceptors (Lipinski definition) is 4. The molecule has 0 aliphatic rings. The van der Waals surface area contributed by atoms with E-state index in [1.807, 2.05) is 73.6 Å². The number of aromatic nitrogens is 1. The second kappa shape index (κ2) is 6.36. The Morgan fingerprint density at radius 1 is 1.04 bits per heavy atom. The lowest BCUT2D eigenvalue weighted by atomic mass is 10.1. The molecule has 2 aromatic carbocycles. The quantitative estimate of drug-likeness (QED) is 0.799. The molecule has 23 heavy (non-hydrogen) atoms. The van der Waals surface area contributed by atoms with Crippen LogP contribution >= 0.6 is 0 Å². The third kappa shape index (κ3) is 3.23.